The van der Waals surface area contributed by atoms with E-state index in [0.29, 0.717) is 16.8 Å². The number of non-ortho nitro benzene ring substituents is 1. The van der Waals surface area contributed by atoms with Crippen molar-refractivity contribution in [3.63, 3.8) is 0 Å². The molecular formula is C17H16N4O2. The van der Waals surface area contributed by atoms with Crippen LogP contribution in [0.15, 0.2) is 39.2 Å². The molecule has 0 bridgehead atoms. The van der Waals surface area contributed by atoms with Crippen LogP contribution in [0.2, 0.25) is 0 Å². The van der Waals surface area contributed by atoms with E-state index in [9.17, 15) is 10.1 Å². The van der Waals surface area contributed by atoms with Crippen LogP contribution in [-0.4, -0.2) is 28.9 Å². The average Bonchev–Trinajstić information content (AvgIpc) is 3.41. The summed E-state index contributed by atoms with van der Waals surface area (Å²) in [5, 5.41) is 11.0. The Morgan fingerprint density at radius 2 is 2.00 bits per heavy atom. The third-order valence-electron chi connectivity index (χ3n) is 5.47. The highest BCUT2D eigenvalue weighted by Gasteiger charge is 2.60. The van der Waals surface area contributed by atoms with Crippen LogP contribution in [0.5, 0.6) is 0 Å². The Morgan fingerprint density at radius 3 is 2.57 bits per heavy atom. The van der Waals surface area contributed by atoms with Crippen LogP contribution in [0.1, 0.15) is 37.7 Å². The van der Waals surface area contributed by atoms with Crippen LogP contribution in [0.4, 0.5) is 5.69 Å². The Kier molecular flexibility index (Phi) is 2.35. The van der Waals surface area contributed by atoms with Gasteiger partial charge in [-0.1, -0.05) is 12.1 Å². The van der Waals surface area contributed by atoms with Gasteiger partial charge in [0, 0.05) is 34.2 Å². The van der Waals surface area contributed by atoms with Gasteiger partial charge in [-0.05, 0) is 32.1 Å². The van der Waals surface area contributed by atoms with Gasteiger partial charge < -0.3 is 0 Å². The van der Waals surface area contributed by atoms with Crippen LogP contribution < -0.4 is 0 Å². The fourth-order valence-corrected chi connectivity index (χ4v) is 3.25. The Morgan fingerprint density at radius 1 is 1.22 bits per heavy atom. The number of benzene rings is 1. The topological polar surface area (TPSA) is 80.2 Å². The maximum atomic E-state index is 11.0. The summed E-state index contributed by atoms with van der Waals surface area (Å²) < 4.78 is 0. The van der Waals surface area contributed by atoms with E-state index in [1.165, 1.54) is 24.6 Å². The molecule has 3 fully saturated rings. The largest absolute Gasteiger partial charge is 0.270 e. The van der Waals surface area contributed by atoms with Crippen molar-refractivity contribution in [1.29, 1.82) is 0 Å². The third kappa shape index (κ3) is 2.04. The molecule has 0 radical (unpaired) electrons. The van der Waals surface area contributed by atoms with E-state index in [-0.39, 0.29) is 16.0 Å². The number of nitro groups is 1. The second-order valence-electron chi connectivity index (χ2n) is 7.18. The molecule has 1 aromatic rings. The predicted molar refractivity (Wildman–Crippen MR) is 87.3 cm³/mol. The van der Waals surface area contributed by atoms with E-state index in [1.54, 1.807) is 12.1 Å². The zero-order valence-electron chi connectivity index (χ0n) is 12.7. The first-order chi connectivity index (χ1) is 11.1. The van der Waals surface area contributed by atoms with Crippen LogP contribution >= 0.6 is 0 Å². The van der Waals surface area contributed by atoms with Crippen LogP contribution in [0.3, 0.4) is 0 Å². The minimum atomic E-state index is -0.378. The lowest BCUT2D eigenvalue weighted by molar-refractivity contribution is -0.384. The summed E-state index contributed by atoms with van der Waals surface area (Å²) in [4.78, 5) is 24.5. The molecule has 0 unspecified atom stereocenters. The number of hydrogen-bond acceptors (Lipinski definition) is 4. The monoisotopic (exact) mass is 308 g/mol. The van der Waals surface area contributed by atoms with Gasteiger partial charge in [-0.25, -0.2) is 9.98 Å². The van der Waals surface area contributed by atoms with Crippen LogP contribution in [0, 0.1) is 20.9 Å². The quantitative estimate of drug-likeness (QED) is 0.364. The molecule has 0 saturated heterocycles. The summed E-state index contributed by atoms with van der Waals surface area (Å²) in [6.07, 6.45) is 5.80. The number of nitro benzene ring substituents is 1. The molecular weight excluding hydrogens is 292 g/mol. The predicted octanol–water partition coefficient (Wildman–Crippen LogP) is 3.16. The number of amidine groups is 2. The van der Waals surface area contributed by atoms with Gasteiger partial charge in [0.1, 0.15) is 5.84 Å². The Bertz CT molecular complexity index is 829. The highest BCUT2D eigenvalue weighted by atomic mass is 16.6. The maximum absolute atomic E-state index is 11.0. The lowest BCUT2D eigenvalue weighted by Gasteiger charge is -2.21. The van der Waals surface area contributed by atoms with E-state index in [4.69, 9.17) is 9.98 Å². The van der Waals surface area contributed by atoms with Crippen molar-refractivity contribution in [2.24, 2.45) is 25.8 Å². The summed E-state index contributed by atoms with van der Waals surface area (Å²) in [6, 6.07) is 6.59. The molecule has 3 aliphatic carbocycles. The minimum absolute atomic E-state index is 0.0732. The molecule has 6 heteroatoms. The van der Waals surface area contributed by atoms with Crippen molar-refractivity contribution in [2.75, 3.05) is 6.54 Å². The zero-order chi connectivity index (χ0) is 15.7. The molecule has 5 rings (SSSR count). The SMILES string of the molecule is O=[N+]([O-])c1cccc(C(=NC2=NCC23CC3)N=C2CC23CC3)c1. The number of aliphatic imine (C=N–C) groups is 3. The molecule has 4 aliphatic rings. The molecule has 2 spiro atoms. The third-order valence-corrected chi connectivity index (χ3v) is 5.47. The van der Waals surface area contributed by atoms with Gasteiger partial charge in [-0.2, -0.15) is 0 Å². The Labute approximate surface area is 133 Å². The first kappa shape index (κ1) is 13.1. The molecule has 1 aliphatic heterocycles. The van der Waals surface area contributed by atoms with Gasteiger partial charge in [0.2, 0.25) is 0 Å². The highest BCUT2D eigenvalue weighted by molar-refractivity contribution is 6.19. The van der Waals surface area contributed by atoms with Crippen molar-refractivity contribution < 1.29 is 4.92 Å². The van der Waals surface area contributed by atoms with E-state index < -0.39 is 0 Å². The molecule has 23 heavy (non-hydrogen) atoms. The van der Waals surface area contributed by atoms with Crippen molar-refractivity contribution in [3.8, 4) is 0 Å². The fourth-order valence-electron chi connectivity index (χ4n) is 3.25. The number of nitrogens with zero attached hydrogens (tertiary/aromatic N) is 4. The van der Waals surface area contributed by atoms with Gasteiger partial charge in [0.15, 0.2) is 5.84 Å². The zero-order valence-corrected chi connectivity index (χ0v) is 12.7. The second kappa shape index (κ2) is 4.13. The number of rotatable bonds is 2. The first-order valence-electron chi connectivity index (χ1n) is 8.07. The standard InChI is InChI=1S/C17H16N4O2/c22-21(23)12-3-1-2-11(8-12)14(19-13-9-16(13)4-5-16)20-15-17(6-7-17)10-18-15/h1-3,8H,4-7,9-10H2. The van der Waals surface area contributed by atoms with Crippen molar-refractivity contribution in [1.82, 2.24) is 0 Å². The van der Waals surface area contributed by atoms with Crippen molar-refractivity contribution in [2.45, 2.75) is 32.1 Å². The van der Waals surface area contributed by atoms with Gasteiger partial charge in [-0.15, -0.1) is 0 Å². The summed E-state index contributed by atoms with van der Waals surface area (Å²) in [5.41, 5.74) is 2.55. The van der Waals surface area contributed by atoms with Crippen molar-refractivity contribution in [3.05, 3.63) is 39.9 Å². The average molecular weight is 308 g/mol. The lowest BCUT2D eigenvalue weighted by atomic mass is 10.0. The molecule has 0 atom stereocenters. The van der Waals surface area contributed by atoms with E-state index in [2.05, 4.69) is 4.99 Å². The first-order valence-corrected chi connectivity index (χ1v) is 8.07. The Hall–Kier alpha value is -2.37. The smallest absolute Gasteiger partial charge is 0.269 e. The summed E-state index contributed by atoms with van der Waals surface area (Å²) >= 11 is 0. The van der Waals surface area contributed by atoms with Crippen molar-refractivity contribution >= 4 is 23.1 Å². The van der Waals surface area contributed by atoms with Crippen LogP contribution in [-0.2, 0) is 0 Å². The molecule has 1 heterocycles. The van der Waals surface area contributed by atoms with E-state index >= 15 is 0 Å². The fraction of sp³-hybridized carbons (Fsp3) is 0.471. The summed E-state index contributed by atoms with van der Waals surface area (Å²) in [5.74, 6) is 1.48. The molecule has 1 aromatic carbocycles. The molecule has 0 aromatic heterocycles. The van der Waals surface area contributed by atoms with Crippen LogP contribution in [0.25, 0.3) is 0 Å². The van der Waals surface area contributed by atoms with Gasteiger partial charge in [-0.3, -0.25) is 15.1 Å². The lowest BCUT2D eigenvalue weighted by Crippen LogP contribution is -2.28. The number of hydrogen-bond donors (Lipinski definition) is 0. The molecule has 116 valence electrons. The summed E-state index contributed by atoms with van der Waals surface area (Å²) in [7, 11) is 0. The molecule has 6 nitrogen and oxygen atoms in total. The molecule has 0 N–H and O–H groups in total. The van der Waals surface area contributed by atoms with Gasteiger partial charge in [0.25, 0.3) is 5.69 Å². The minimum Gasteiger partial charge on any atom is -0.269 e. The maximum Gasteiger partial charge on any atom is 0.270 e. The summed E-state index contributed by atoms with van der Waals surface area (Å²) in [6.45, 7) is 0.870. The Balaban J connectivity index is 1.55. The highest BCUT2D eigenvalue weighted by Crippen LogP contribution is 2.63. The normalized spacial score (nSPS) is 26.9. The van der Waals surface area contributed by atoms with E-state index in [0.717, 1.165) is 31.6 Å². The molecule has 3 saturated carbocycles. The molecule has 0 amide bonds. The van der Waals surface area contributed by atoms with Gasteiger partial charge >= 0.3 is 0 Å². The van der Waals surface area contributed by atoms with Gasteiger partial charge in [0.05, 0.1) is 11.5 Å². The van der Waals surface area contributed by atoms with E-state index in [1.807, 2.05) is 6.07 Å². The second-order valence-corrected chi connectivity index (χ2v) is 7.18.